The molecule has 8 heteroatoms. The topological polar surface area (TPSA) is 78.5 Å². The first kappa shape index (κ1) is 19.6. The molecule has 0 aromatic rings. The largest absolute Gasteiger partial charge is 0.348 e. The van der Waals surface area contributed by atoms with Gasteiger partial charge < -0.3 is 10.2 Å². The molecule has 0 aromatic carbocycles. The van der Waals surface area contributed by atoms with Gasteiger partial charge in [-0.3, -0.25) is 4.79 Å². The van der Waals surface area contributed by atoms with E-state index in [-0.39, 0.29) is 24.4 Å². The van der Waals surface area contributed by atoms with E-state index in [2.05, 4.69) is 10.0 Å². The maximum atomic E-state index is 12.2. The quantitative estimate of drug-likeness (QED) is 0.755. The Bertz CT molecular complexity index is 408. The van der Waals surface area contributed by atoms with Gasteiger partial charge in [0.05, 0.1) is 0 Å². The highest BCUT2D eigenvalue weighted by Crippen LogP contribution is 2.16. The van der Waals surface area contributed by atoms with Crippen LogP contribution in [-0.4, -0.2) is 57.7 Å². The van der Waals surface area contributed by atoms with Crippen molar-refractivity contribution in [2.24, 2.45) is 5.92 Å². The van der Waals surface area contributed by atoms with Crippen molar-refractivity contribution in [1.29, 1.82) is 0 Å². The van der Waals surface area contributed by atoms with E-state index in [1.54, 1.807) is 14.1 Å². The summed E-state index contributed by atoms with van der Waals surface area (Å²) in [5.41, 5.74) is 0. The molecule has 0 spiro atoms. The van der Waals surface area contributed by atoms with E-state index in [0.717, 1.165) is 25.9 Å². The Morgan fingerprint density at radius 1 is 1.35 bits per heavy atom. The van der Waals surface area contributed by atoms with Crippen molar-refractivity contribution < 1.29 is 13.2 Å². The molecule has 3 atom stereocenters. The molecule has 0 aliphatic carbocycles. The highest BCUT2D eigenvalue weighted by Gasteiger charge is 2.32. The molecule has 1 aliphatic rings. The Morgan fingerprint density at radius 3 is 2.40 bits per heavy atom. The molecule has 6 nitrogen and oxygen atoms in total. The van der Waals surface area contributed by atoms with Crippen molar-refractivity contribution in [3.63, 3.8) is 0 Å². The van der Waals surface area contributed by atoms with Gasteiger partial charge in [0.15, 0.2) is 5.25 Å². The number of sulfonamides is 1. The molecule has 3 unspecified atom stereocenters. The van der Waals surface area contributed by atoms with E-state index in [4.69, 9.17) is 0 Å². The van der Waals surface area contributed by atoms with Crippen LogP contribution in [0.1, 0.15) is 26.7 Å². The van der Waals surface area contributed by atoms with E-state index < -0.39 is 21.2 Å². The van der Waals surface area contributed by atoms with Crippen molar-refractivity contribution in [3.05, 3.63) is 0 Å². The Labute approximate surface area is 128 Å². The van der Waals surface area contributed by atoms with Gasteiger partial charge in [0.1, 0.15) is 0 Å². The predicted molar refractivity (Wildman–Crippen MR) is 82.5 cm³/mol. The summed E-state index contributed by atoms with van der Waals surface area (Å²) in [4.78, 5) is 13.0. The molecular formula is C12H26ClN3O3S. The van der Waals surface area contributed by atoms with Crippen LogP contribution < -0.4 is 10.0 Å². The third-order valence-corrected chi connectivity index (χ3v) is 5.48. The van der Waals surface area contributed by atoms with E-state index in [1.165, 1.54) is 11.8 Å². The number of halogens is 1. The number of hydrogen-bond donors (Lipinski definition) is 2. The summed E-state index contributed by atoms with van der Waals surface area (Å²) in [6, 6.07) is -0.157. The lowest BCUT2D eigenvalue weighted by Gasteiger charge is -2.29. The summed E-state index contributed by atoms with van der Waals surface area (Å²) in [6.07, 6.45) is 2.07. The maximum Gasteiger partial charge on any atom is 0.241 e. The summed E-state index contributed by atoms with van der Waals surface area (Å²) < 4.78 is 26.9. The Kier molecular flexibility index (Phi) is 8.01. The second kappa shape index (κ2) is 8.17. The first-order valence-corrected chi connectivity index (χ1v) is 8.23. The molecule has 1 aliphatic heterocycles. The minimum atomic E-state index is -3.62. The average Bonchev–Trinajstić information content (AvgIpc) is 2.37. The summed E-state index contributed by atoms with van der Waals surface area (Å²) in [5.74, 6) is -0.119. The van der Waals surface area contributed by atoms with E-state index in [1.807, 2.05) is 6.92 Å². The Balaban J connectivity index is 0.00000361. The molecule has 1 amide bonds. The summed E-state index contributed by atoms with van der Waals surface area (Å²) in [6.45, 7) is 5.10. The standard InChI is InChI=1S/C12H25N3O3S.ClH/c1-9(11-6-5-7-13-8-11)14-19(17,18)10(2)12(16)15(3)4;/h9-11,13-14H,5-8H2,1-4H3;1H. The van der Waals surface area contributed by atoms with Crippen LogP contribution in [0.4, 0.5) is 0 Å². The van der Waals surface area contributed by atoms with Gasteiger partial charge in [-0.15, -0.1) is 12.4 Å². The first-order valence-electron chi connectivity index (χ1n) is 6.68. The SMILES string of the molecule is CC(NS(=O)(=O)C(C)C(=O)N(C)C)C1CCCNC1.Cl. The van der Waals surface area contributed by atoms with Crippen LogP contribution in [0.15, 0.2) is 0 Å². The van der Waals surface area contributed by atoms with Gasteiger partial charge in [0, 0.05) is 20.1 Å². The van der Waals surface area contributed by atoms with Gasteiger partial charge in [-0.1, -0.05) is 0 Å². The fraction of sp³-hybridized carbons (Fsp3) is 0.917. The molecule has 0 saturated carbocycles. The number of rotatable bonds is 5. The summed E-state index contributed by atoms with van der Waals surface area (Å²) in [5, 5.41) is 2.21. The highest BCUT2D eigenvalue weighted by molar-refractivity contribution is 7.90. The van der Waals surface area contributed by atoms with E-state index >= 15 is 0 Å². The van der Waals surface area contributed by atoms with Crippen molar-refractivity contribution in [2.75, 3.05) is 27.2 Å². The average molecular weight is 328 g/mol. The highest BCUT2D eigenvalue weighted by atomic mass is 35.5. The van der Waals surface area contributed by atoms with Gasteiger partial charge in [0.2, 0.25) is 15.9 Å². The smallest absolute Gasteiger partial charge is 0.241 e. The van der Waals surface area contributed by atoms with Crippen LogP contribution in [0, 0.1) is 5.92 Å². The lowest BCUT2D eigenvalue weighted by atomic mass is 9.94. The molecule has 2 N–H and O–H groups in total. The molecular weight excluding hydrogens is 302 g/mol. The number of hydrogen-bond acceptors (Lipinski definition) is 4. The summed E-state index contributed by atoms with van der Waals surface area (Å²) in [7, 11) is -0.505. The lowest BCUT2D eigenvalue weighted by Crippen LogP contribution is -2.49. The molecule has 0 bridgehead atoms. The van der Waals surface area contributed by atoms with Crippen LogP contribution >= 0.6 is 12.4 Å². The van der Waals surface area contributed by atoms with Gasteiger partial charge in [-0.2, -0.15) is 0 Å². The van der Waals surface area contributed by atoms with Crippen LogP contribution in [0.2, 0.25) is 0 Å². The number of carbonyl (C=O) groups is 1. The lowest BCUT2D eigenvalue weighted by molar-refractivity contribution is -0.127. The van der Waals surface area contributed by atoms with Gasteiger partial charge in [-0.05, 0) is 45.7 Å². The van der Waals surface area contributed by atoms with Crippen molar-refractivity contribution in [3.8, 4) is 0 Å². The Hall–Kier alpha value is -0.370. The second-order valence-electron chi connectivity index (χ2n) is 5.43. The molecule has 20 heavy (non-hydrogen) atoms. The number of nitrogens with zero attached hydrogens (tertiary/aromatic N) is 1. The molecule has 120 valence electrons. The number of piperidine rings is 1. The number of amides is 1. The van der Waals surface area contributed by atoms with Crippen LogP contribution in [0.5, 0.6) is 0 Å². The van der Waals surface area contributed by atoms with Crippen LogP contribution in [0.3, 0.4) is 0 Å². The van der Waals surface area contributed by atoms with Crippen LogP contribution in [-0.2, 0) is 14.8 Å². The zero-order valence-corrected chi connectivity index (χ0v) is 14.2. The van der Waals surface area contributed by atoms with Crippen LogP contribution in [0.25, 0.3) is 0 Å². The van der Waals surface area contributed by atoms with Crippen molar-refractivity contribution in [1.82, 2.24) is 14.9 Å². The van der Waals surface area contributed by atoms with Crippen molar-refractivity contribution >= 4 is 28.3 Å². The Morgan fingerprint density at radius 2 is 1.95 bits per heavy atom. The molecule has 0 radical (unpaired) electrons. The van der Waals surface area contributed by atoms with Gasteiger partial charge >= 0.3 is 0 Å². The minimum Gasteiger partial charge on any atom is -0.348 e. The monoisotopic (exact) mass is 327 g/mol. The van der Waals surface area contributed by atoms with Crippen molar-refractivity contribution in [2.45, 2.75) is 38.0 Å². The second-order valence-corrected chi connectivity index (χ2v) is 7.47. The summed E-state index contributed by atoms with van der Waals surface area (Å²) >= 11 is 0. The fourth-order valence-electron chi connectivity index (χ4n) is 2.26. The molecule has 1 heterocycles. The number of nitrogens with one attached hydrogen (secondary N) is 2. The minimum absolute atomic E-state index is 0. The normalized spacial score (nSPS) is 22.5. The van der Waals surface area contributed by atoms with E-state index in [9.17, 15) is 13.2 Å². The fourth-order valence-corrected chi connectivity index (χ4v) is 3.65. The van der Waals surface area contributed by atoms with E-state index in [0.29, 0.717) is 0 Å². The molecule has 1 saturated heterocycles. The molecule has 1 fully saturated rings. The third-order valence-electron chi connectivity index (χ3n) is 3.65. The zero-order chi connectivity index (χ0) is 14.6. The van der Waals surface area contributed by atoms with Gasteiger partial charge in [0.25, 0.3) is 0 Å². The zero-order valence-electron chi connectivity index (χ0n) is 12.5. The predicted octanol–water partition coefficient (Wildman–Crippen LogP) is 0.192. The third kappa shape index (κ3) is 5.20. The molecule has 0 aromatic heterocycles. The first-order chi connectivity index (χ1) is 8.75. The maximum absolute atomic E-state index is 12.2. The number of carbonyl (C=O) groups excluding carboxylic acids is 1. The van der Waals surface area contributed by atoms with Gasteiger partial charge in [-0.25, -0.2) is 13.1 Å². The molecule has 1 rings (SSSR count).